The van der Waals surface area contributed by atoms with E-state index < -0.39 is 0 Å². The van der Waals surface area contributed by atoms with Crippen LogP contribution >= 0.6 is 22.9 Å². The zero-order chi connectivity index (χ0) is 13.0. The van der Waals surface area contributed by atoms with Crippen molar-refractivity contribution in [3.63, 3.8) is 0 Å². The minimum Gasteiger partial charge on any atom is -0.309 e. The van der Waals surface area contributed by atoms with Crippen LogP contribution in [0.3, 0.4) is 0 Å². The maximum absolute atomic E-state index is 6.12. The normalized spacial score (nSPS) is 12.6. The van der Waals surface area contributed by atoms with E-state index in [1.807, 2.05) is 18.3 Å². The zero-order valence-electron chi connectivity index (χ0n) is 10.5. The standard InChI is InChI=1S/C13H16ClN3S/c1-3-6-15-9(2)11-8-17-13(18-11)12-10(14)5-4-7-16-12/h4-5,7-9,15H,3,6H2,1-2H3. The van der Waals surface area contributed by atoms with Gasteiger partial charge in [-0.05, 0) is 32.0 Å². The van der Waals surface area contributed by atoms with Crippen LogP contribution in [0.15, 0.2) is 24.5 Å². The van der Waals surface area contributed by atoms with Crippen LogP contribution in [-0.4, -0.2) is 16.5 Å². The summed E-state index contributed by atoms with van der Waals surface area (Å²) in [5.74, 6) is 0. The molecule has 2 aromatic heterocycles. The largest absolute Gasteiger partial charge is 0.309 e. The molecule has 0 aliphatic carbocycles. The molecule has 96 valence electrons. The Hall–Kier alpha value is -0.970. The molecule has 0 bridgehead atoms. The number of thiazole rings is 1. The lowest BCUT2D eigenvalue weighted by atomic mass is 10.3. The topological polar surface area (TPSA) is 37.8 Å². The van der Waals surface area contributed by atoms with Crippen molar-refractivity contribution >= 4 is 22.9 Å². The van der Waals surface area contributed by atoms with Gasteiger partial charge in [-0.1, -0.05) is 18.5 Å². The van der Waals surface area contributed by atoms with Gasteiger partial charge in [-0.15, -0.1) is 11.3 Å². The third-order valence-electron chi connectivity index (χ3n) is 2.61. The van der Waals surface area contributed by atoms with Crippen LogP contribution in [0, 0.1) is 0 Å². The lowest BCUT2D eigenvalue weighted by molar-refractivity contribution is 0.577. The second-order valence-corrected chi connectivity index (χ2v) is 5.55. The summed E-state index contributed by atoms with van der Waals surface area (Å²) < 4.78 is 0. The van der Waals surface area contributed by atoms with Gasteiger partial charge in [0.2, 0.25) is 0 Å². The number of pyridine rings is 1. The van der Waals surface area contributed by atoms with Crippen molar-refractivity contribution in [3.05, 3.63) is 34.4 Å². The summed E-state index contributed by atoms with van der Waals surface area (Å²) in [6, 6.07) is 3.98. The van der Waals surface area contributed by atoms with E-state index >= 15 is 0 Å². The average molecular weight is 282 g/mol. The van der Waals surface area contributed by atoms with Gasteiger partial charge in [-0.25, -0.2) is 4.98 Å². The van der Waals surface area contributed by atoms with Crippen molar-refractivity contribution in [1.29, 1.82) is 0 Å². The molecule has 0 aliphatic heterocycles. The van der Waals surface area contributed by atoms with Crippen molar-refractivity contribution in [2.24, 2.45) is 0 Å². The number of hydrogen-bond acceptors (Lipinski definition) is 4. The summed E-state index contributed by atoms with van der Waals surface area (Å²) in [4.78, 5) is 9.90. The Balaban J connectivity index is 2.18. The predicted octanol–water partition coefficient (Wildman–Crippen LogP) is 3.92. The highest BCUT2D eigenvalue weighted by atomic mass is 35.5. The molecule has 3 nitrogen and oxygen atoms in total. The molecule has 0 aliphatic rings. The Labute approximate surface area is 116 Å². The van der Waals surface area contributed by atoms with Crippen molar-refractivity contribution in [2.45, 2.75) is 26.3 Å². The number of rotatable bonds is 5. The Morgan fingerprint density at radius 3 is 3.00 bits per heavy atom. The highest BCUT2D eigenvalue weighted by Gasteiger charge is 2.12. The van der Waals surface area contributed by atoms with Gasteiger partial charge in [0.15, 0.2) is 0 Å². The molecule has 0 radical (unpaired) electrons. The summed E-state index contributed by atoms with van der Waals surface area (Å²) in [6.07, 6.45) is 4.77. The first-order chi connectivity index (χ1) is 8.72. The van der Waals surface area contributed by atoms with Gasteiger partial charge < -0.3 is 5.32 Å². The zero-order valence-corrected chi connectivity index (χ0v) is 12.1. The molecule has 2 rings (SSSR count). The van der Waals surface area contributed by atoms with Crippen LogP contribution in [0.5, 0.6) is 0 Å². The van der Waals surface area contributed by atoms with E-state index in [2.05, 4.69) is 29.1 Å². The van der Waals surface area contributed by atoms with Gasteiger partial charge in [0.25, 0.3) is 0 Å². The number of hydrogen-bond donors (Lipinski definition) is 1. The molecule has 2 aromatic rings. The third kappa shape index (κ3) is 3.07. The minimum absolute atomic E-state index is 0.318. The van der Waals surface area contributed by atoms with Gasteiger partial charge in [-0.2, -0.15) is 0 Å². The molecule has 5 heteroatoms. The molecule has 18 heavy (non-hydrogen) atoms. The van der Waals surface area contributed by atoms with Crippen LogP contribution < -0.4 is 5.32 Å². The first-order valence-corrected chi connectivity index (χ1v) is 7.21. The lowest BCUT2D eigenvalue weighted by Gasteiger charge is -2.09. The van der Waals surface area contributed by atoms with Crippen molar-refractivity contribution in [3.8, 4) is 10.7 Å². The van der Waals surface area contributed by atoms with E-state index in [0.29, 0.717) is 11.1 Å². The van der Waals surface area contributed by atoms with Crippen LogP contribution in [0.4, 0.5) is 0 Å². The van der Waals surface area contributed by atoms with E-state index in [-0.39, 0.29) is 0 Å². The fraction of sp³-hybridized carbons (Fsp3) is 0.385. The molecule has 1 atom stereocenters. The number of aromatic nitrogens is 2. The molecule has 1 N–H and O–H groups in total. The molecular weight excluding hydrogens is 266 g/mol. The minimum atomic E-state index is 0.318. The first-order valence-electron chi connectivity index (χ1n) is 6.02. The number of halogens is 1. The number of nitrogens with zero attached hydrogens (tertiary/aromatic N) is 2. The lowest BCUT2D eigenvalue weighted by Crippen LogP contribution is -2.18. The smallest absolute Gasteiger partial charge is 0.143 e. The Bertz CT molecular complexity index is 512. The highest BCUT2D eigenvalue weighted by molar-refractivity contribution is 7.15. The fourth-order valence-electron chi connectivity index (χ4n) is 1.60. The van der Waals surface area contributed by atoms with E-state index in [0.717, 1.165) is 23.7 Å². The van der Waals surface area contributed by atoms with Crippen LogP contribution in [0.2, 0.25) is 5.02 Å². The molecule has 0 amide bonds. The van der Waals surface area contributed by atoms with Crippen molar-refractivity contribution in [2.75, 3.05) is 6.54 Å². The maximum atomic E-state index is 6.12. The Morgan fingerprint density at radius 2 is 2.28 bits per heavy atom. The quantitative estimate of drug-likeness (QED) is 0.903. The van der Waals surface area contributed by atoms with E-state index in [9.17, 15) is 0 Å². The molecule has 0 fully saturated rings. The predicted molar refractivity (Wildman–Crippen MR) is 77.1 cm³/mol. The highest BCUT2D eigenvalue weighted by Crippen LogP contribution is 2.31. The van der Waals surface area contributed by atoms with E-state index in [4.69, 9.17) is 11.6 Å². The molecule has 0 saturated heterocycles. The number of nitrogens with one attached hydrogen (secondary N) is 1. The molecule has 2 heterocycles. The molecular formula is C13H16ClN3S. The van der Waals surface area contributed by atoms with Crippen molar-refractivity contribution < 1.29 is 0 Å². The maximum Gasteiger partial charge on any atom is 0.143 e. The summed E-state index contributed by atoms with van der Waals surface area (Å²) in [6.45, 7) is 5.32. The second kappa shape index (κ2) is 6.27. The van der Waals surface area contributed by atoms with Gasteiger partial charge >= 0.3 is 0 Å². The van der Waals surface area contributed by atoms with Gasteiger partial charge in [0.05, 0.1) is 5.02 Å². The van der Waals surface area contributed by atoms with Crippen LogP contribution in [0.25, 0.3) is 10.7 Å². The summed E-state index contributed by atoms with van der Waals surface area (Å²) in [5, 5.41) is 4.97. The summed E-state index contributed by atoms with van der Waals surface area (Å²) in [5.41, 5.74) is 0.762. The van der Waals surface area contributed by atoms with Crippen molar-refractivity contribution in [1.82, 2.24) is 15.3 Å². The van der Waals surface area contributed by atoms with Crippen LogP contribution in [0.1, 0.15) is 31.2 Å². The second-order valence-electron chi connectivity index (χ2n) is 4.08. The SMILES string of the molecule is CCCNC(C)c1cnc(-c2ncccc2Cl)s1. The van der Waals surface area contributed by atoms with E-state index in [1.54, 1.807) is 17.5 Å². The first kappa shape index (κ1) is 13.5. The van der Waals surface area contributed by atoms with Gasteiger partial charge in [-0.3, -0.25) is 4.98 Å². The van der Waals surface area contributed by atoms with E-state index in [1.165, 1.54) is 4.88 Å². The Morgan fingerprint density at radius 1 is 1.44 bits per heavy atom. The van der Waals surface area contributed by atoms with Crippen LogP contribution in [-0.2, 0) is 0 Å². The third-order valence-corrected chi connectivity index (χ3v) is 4.10. The summed E-state index contributed by atoms with van der Waals surface area (Å²) >= 11 is 7.76. The Kier molecular flexibility index (Phi) is 4.69. The molecule has 0 aromatic carbocycles. The van der Waals surface area contributed by atoms with Gasteiger partial charge in [0.1, 0.15) is 10.7 Å². The summed E-state index contributed by atoms with van der Waals surface area (Å²) in [7, 11) is 0. The molecule has 0 saturated carbocycles. The monoisotopic (exact) mass is 281 g/mol. The average Bonchev–Trinajstić information content (AvgIpc) is 2.86. The molecule has 0 spiro atoms. The van der Waals surface area contributed by atoms with Gasteiger partial charge in [0, 0.05) is 23.3 Å². The fourth-order valence-corrected chi connectivity index (χ4v) is 2.82. The molecule has 1 unspecified atom stereocenters.